The number of piperidine rings is 1. The number of aromatic nitrogens is 3. The number of aryl methyl sites for hydroxylation is 1. The van der Waals surface area contributed by atoms with Crippen LogP contribution in [-0.2, 0) is 14.4 Å². The molecule has 2 bridgehead atoms. The summed E-state index contributed by atoms with van der Waals surface area (Å²) in [5, 5.41) is 10.2. The maximum Gasteiger partial charge on any atom is 0.257 e. The largest absolute Gasteiger partial charge is 0.368 e. The van der Waals surface area contributed by atoms with Gasteiger partial charge >= 0.3 is 0 Å². The van der Waals surface area contributed by atoms with Crippen LogP contribution >= 0.6 is 0 Å². The smallest absolute Gasteiger partial charge is 0.257 e. The van der Waals surface area contributed by atoms with Gasteiger partial charge in [-0.15, -0.1) is 0 Å². The van der Waals surface area contributed by atoms with Crippen LogP contribution in [0.5, 0.6) is 0 Å². The van der Waals surface area contributed by atoms with Crippen molar-refractivity contribution in [2.24, 2.45) is 21.6 Å². The summed E-state index contributed by atoms with van der Waals surface area (Å²) >= 11 is 0. The third-order valence-corrected chi connectivity index (χ3v) is 8.42. The number of amides is 3. The molecule has 3 amide bonds. The number of likely N-dealkylation sites (tertiary alicyclic amines) is 1. The summed E-state index contributed by atoms with van der Waals surface area (Å²) < 4.78 is 1.50. The number of carbonyl (C=O) groups excluding carboxylic acids is 3. The summed E-state index contributed by atoms with van der Waals surface area (Å²) in [4.78, 5) is 53.9. The van der Waals surface area contributed by atoms with Gasteiger partial charge in [-0.3, -0.25) is 38.9 Å². The van der Waals surface area contributed by atoms with E-state index in [0.29, 0.717) is 58.5 Å². The van der Waals surface area contributed by atoms with Crippen molar-refractivity contribution in [2.75, 3.05) is 23.7 Å². The molecule has 2 fully saturated rings. The summed E-state index contributed by atoms with van der Waals surface area (Å²) in [6.45, 7) is 8.60. The first kappa shape index (κ1) is 30.0. The van der Waals surface area contributed by atoms with Crippen LogP contribution < -0.4 is 16.4 Å². The van der Waals surface area contributed by atoms with Gasteiger partial charge in [-0.25, -0.2) is 0 Å². The molecule has 2 aliphatic heterocycles. The molecular formula is C31H39N9O3. The number of carbonyl (C=O) groups is 3. The molecule has 5 rings (SSSR count). The highest BCUT2D eigenvalue weighted by molar-refractivity contribution is 6.21. The molecule has 43 heavy (non-hydrogen) atoms. The van der Waals surface area contributed by atoms with E-state index in [-0.39, 0.29) is 17.9 Å². The van der Waals surface area contributed by atoms with E-state index in [1.807, 2.05) is 13.0 Å². The molecule has 1 saturated carbocycles. The third-order valence-electron chi connectivity index (χ3n) is 8.42. The minimum atomic E-state index is -0.600. The average Bonchev–Trinajstić information content (AvgIpc) is 3.73. The lowest BCUT2D eigenvalue weighted by Crippen LogP contribution is -2.38. The molecule has 0 aromatic carbocycles. The maximum atomic E-state index is 13.5. The monoisotopic (exact) mass is 585 g/mol. The Balaban J connectivity index is 1.31. The quantitative estimate of drug-likeness (QED) is 0.409. The summed E-state index contributed by atoms with van der Waals surface area (Å²) in [7, 11) is 0. The van der Waals surface area contributed by atoms with Gasteiger partial charge in [0.05, 0.1) is 53.3 Å². The van der Waals surface area contributed by atoms with Gasteiger partial charge in [0, 0.05) is 36.8 Å². The second-order valence-electron chi connectivity index (χ2n) is 11.6. The van der Waals surface area contributed by atoms with Crippen molar-refractivity contribution in [2.45, 2.75) is 71.5 Å². The zero-order valence-electron chi connectivity index (χ0n) is 25.1. The van der Waals surface area contributed by atoms with Crippen molar-refractivity contribution in [3.8, 4) is 0 Å². The number of fused-ring (bicyclic) bond motifs is 2. The zero-order valence-corrected chi connectivity index (χ0v) is 25.1. The summed E-state index contributed by atoms with van der Waals surface area (Å²) in [5.41, 5.74) is 9.36. The number of nitrogens with zero attached hydrogens (tertiary/aromatic N) is 6. The number of nitrogens with one attached hydrogen (secondary N) is 2. The van der Waals surface area contributed by atoms with Crippen molar-refractivity contribution in [1.29, 1.82) is 0 Å². The fraction of sp³-hybridized carbons (Fsp3) is 0.452. The number of anilines is 2. The van der Waals surface area contributed by atoms with Crippen molar-refractivity contribution >= 4 is 47.2 Å². The molecule has 2 aromatic heterocycles. The molecule has 0 spiro atoms. The molecule has 4 unspecified atom stereocenters. The van der Waals surface area contributed by atoms with Crippen LogP contribution in [0.3, 0.4) is 0 Å². The lowest BCUT2D eigenvalue weighted by molar-refractivity contribution is -0.121. The summed E-state index contributed by atoms with van der Waals surface area (Å²) in [6.07, 6.45) is 14.3. The minimum Gasteiger partial charge on any atom is -0.368 e. The lowest BCUT2D eigenvalue weighted by atomic mass is 10.1. The number of rotatable bonds is 9. The van der Waals surface area contributed by atoms with Gasteiger partial charge in [0.1, 0.15) is 6.04 Å². The number of primary amides is 1. The minimum absolute atomic E-state index is 0.0859. The molecule has 12 nitrogen and oxygen atoms in total. The molecule has 4 atom stereocenters. The molecule has 0 radical (unpaired) electrons. The van der Waals surface area contributed by atoms with Crippen molar-refractivity contribution in [3.05, 3.63) is 53.1 Å². The summed E-state index contributed by atoms with van der Waals surface area (Å²) in [6, 6.07) is 1.39. The maximum absolute atomic E-state index is 13.5. The SMILES string of the molecule is CCC1\C=C(c2cnn(C(C)C(N)=O)c2)/N=C\C(C)=C(/C(=O)Nc2cc(NC(=O)CN3CC4CCC3C4)cnc2C)C=N1. The fourth-order valence-corrected chi connectivity index (χ4v) is 5.74. The first-order valence-corrected chi connectivity index (χ1v) is 14.8. The van der Waals surface area contributed by atoms with Gasteiger partial charge in [0.25, 0.3) is 5.91 Å². The molecule has 1 saturated heterocycles. The normalized spacial score (nSPS) is 26.1. The molecular weight excluding hydrogens is 546 g/mol. The van der Waals surface area contributed by atoms with E-state index in [0.717, 1.165) is 12.5 Å². The van der Waals surface area contributed by atoms with Gasteiger partial charge < -0.3 is 16.4 Å². The molecule has 2 aromatic rings. The third kappa shape index (κ3) is 6.96. The Bertz CT molecular complexity index is 1540. The lowest BCUT2D eigenvalue weighted by Gasteiger charge is -2.25. The van der Waals surface area contributed by atoms with Crippen LogP contribution in [0.15, 0.2) is 51.9 Å². The van der Waals surface area contributed by atoms with Crippen LogP contribution in [-0.4, -0.2) is 75.0 Å². The highest BCUT2D eigenvalue weighted by atomic mass is 16.2. The molecule has 3 aliphatic rings. The Morgan fingerprint density at radius 3 is 2.65 bits per heavy atom. The van der Waals surface area contributed by atoms with E-state index in [9.17, 15) is 14.4 Å². The average molecular weight is 586 g/mol. The van der Waals surface area contributed by atoms with E-state index in [1.165, 1.54) is 23.9 Å². The fourth-order valence-electron chi connectivity index (χ4n) is 5.74. The van der Waals surface area contributed by atoms with E-state index in [2.05, 4.69) is 35.6 Å². The number of nitrogens with two attached hydrogens (primary N) is 1. The molecule has 226 valence electrons. The first-order chi connectivity index (χ1) is 20.6. The van der Waals surface area contributed by atoms with Crippen LogP contribution in [0.2, 0.25) is 0 Å². The second-order valence-corrected chi connectivity index (χ2v) is 11.6. The van der Waals surface area contributed by atoms with Crippen molar-refractivity contribution in [3.63, 3.8) is 0 Å². The molecule has 4 heterocycles. The Morgan fingerprint density at radius 2 is 1.95 bits per heavy atom. The Morgan fingerprint density at radius 1 is 1.14 bits per heavy atom. The summed E-state index contributed by atoms with van der Waals surface area (Å²) in [5.74, 6) is -0.220. The van der Waals surface area contributed by atoms with Crippen LogP contribution in [0.25, 0.3) is 5.70 Å². The number of pyridine rings is 1. The zero-order chi connectivity index (χ0) is 30.7. The van der Waals surface area contributed by atoms with Gasteiger partial charge in [-0.1, -0.05) is 6.92 Å². The van der Waals surface area contributed by atoms with Gasteiger partial charge in [-0.05, 0) is 70.1 Å². The Labute approximate surface area is 251 Å². The highest BCUT2D eigenvalue weighted by Gasteiger charge is 2.38. The van der Waals surface area contributed by atoms with Crippen LogP contribution in [0.4, 0.5) is 11.4 Å². The predicted octanol–water partition coefficient (Wildman–Crippen LogP) is 3.29. The van der Waals surface area contributed by atoms with Gasteiger partial charge in [-0.2, -0.15) is 5.10 Å². The van der Waals surface area contributed by atoms with Crippen LogP contribution in [0, 0.1) is 12.8 Å². The standard InChI is InChI=1S/C31H39N9O3/c1-5-23-9-28(22-12-36-40(16-22)20(4)30(32)42)35-11-18(2)26(14-34-23)31(43)38-27-10-24(13-33-19(27)3)37-29(41)17-39-15-21-6-7-25(39)8-21/h9-14,16,20-21,23,25H,5-8,15,17H2,1-4H3,(H2,32,42)(H,37,41)(H,38,43)/b26-18-,28-9-,34-14?,35-11-. The molecule has 1 aliphatic carbocycles. The second kappa shape index (κ2) is 12.8. The predicted molar refractivity (Wildman–Crippen MR) is 167 cm³/mol. The van der Waals surface area contributed by atoms with Crippen molar-refractivity contribution < 1.29 is 14.4 Å². The Hall–Kier alpha value is -4.45. The highest BCUT2D eigenvalue weighted by Crippen LogP contribution is 2.37. The molecule has 12 heteroatoms. The number of allylic oxidation sites excluding steroid dienone is 1. The van der Waals surface area contributed by atoms with E-state index >= 15 is 0 Å². The van der Waals surface area contributed by atoms with E-state index in [4.69, 9.17) is 5.73 Å². The van der Waals surface area contributed by atoms with E-state index in [1.54, 1.807) is 57.9 Å². The Kier molecular flexibility index (Phi) is 8.95. The van der Waals surface area contributed by atoms with Crippen molar-refractivity contribution in [1.82, 2.24) is 19.7 Å². The number of aliphatic imine (C=N–C) groups is 2. The molecule has 4 N–H and O–H groups in total. The first-order valence-electron chi connectivity index (χ1n) is 14.8. The van der Waals surface area contributed by atoms with E-state index < -0.39 is 11.9 Å². The van der Waals surface area contributed by atoms with Crippen LogP contribution in [0.1, 0.15) is 63.8 Å². The van der Waals surface area contributed by atoms with Gasteiger partial charge in [0.15, 0.2) is 0 Å². The topological polar surface area (TPSA) is 160 Å². The van der Waals surface area contributed by atoms with Gasteiger partial charge in [0.2, 0.25) is 11.8 Å². The number of hydrogen-bond donors (Lipinski definition) is 3. The number of hydrogen-bond acceptors (Lipinski definition) is 8.